The van der Waals surface area contributed by atoms with Crippen molar-refractivity contribution in [1.29, 1.82) is 0 Å². The number of benzene rings is 2. The first-order chi connectivity index (χ1) is 13.7. The molecule has 1 atom stereocenters. The molecule has 9 nitrogen and oxygen atoms in total. The van der Waals surface area contributed by atoms with Crippen LogP contribution in [0.15, 0.2) is 46.9 Å². The molecule has 0 bridgehead atoms. The molecular weight excluding hydrogens is 366 g/mol. The van der Waals surface area contributed by atoms with Crippen LogP contribution in [-0.4, -0.2) is 43.0 Å². The molecule has 144 valence electrons. The van der Waals surface area contributed by atoms with Gasteiger partial charge in [0.1, 0.15) is 18.1 Å². The van der Waals surface area contributed by atoms with Crippen LogP contribution >= 0.6 is 0 Å². The molecule has 2 heterocycles. The van der Waals surface area contributed by atoms with Gasteiger partial charge in [0.2, 0.25) is 6.10 Å². The topological polar surface area (TPSA) is 105 Å². The summed E-state index contributed by atoms with van der Waals surface area (Å²) in [5.74, 6) is 1.97. The van der Waals surface area contributed by atoms with Gasteiger partial charge in [-0.15, -0.1) is 5.10 Å². The highest BCUT2D eigenvalue weighted by Crippen LogP contribution is 2.33. The Hall–Kier alpha value is -3.75. The van der Waals surface area contributed by atoms with E-state index in [1.807, 2.05) is 6.07 Å². The molecule has 0 saturated heterocycles. The molecule has 1 aliphatic rings. The van der Waals surface area contributed by atoms with Gasteiger partial charge in [-0.1, -0.05) is 17.2 Å². The molecule has 0 spiro atoms. The molecule has 2 aromatic carbocycles. The van der Waals surface area contributed by atoms with Gasteiger partial charge in [-0.2, -0.15) is 0 Å². The molecule has 0 fully saturated rings. The molecule has 4 rings (SSSR count). The first-order valence-corrected chi connectivity index (χ1v) is 8.43. The van der Waals surface area contributed by atoms with E-state index in [4.69, 9.17) is 23.4 Å². The van der Waals surface area contributed by atoms with Crippen molar-refractivity contribution in [2.75, 3.05) is 26.1 Å². The number of anilines is 1. The molecule has 0 aliphatic carbocycles. The quantitative estimate of drug-likeness (QED) is 0.717. The lowest BCUT2D eigenvalue weighted by molar-refractivity contribution is -0.125. The van der Waals surface area contributed by atoms with Crippen LogP contribution < -0.4 is 24.3 Å². The molecule has 9 heteroatoms. The van der Waals surface area contributed by atoms with E-state index in [1.54, 1.807) is 43.5 Å². The summed E-state index contributed by atoms with van der Waals surface area (Å²) in [6, 6.07) is 12.2. The Morgan fingerprint density at radius 1 is 1.11 bits per heavy atom. The maximum Gasteiger partial charge on any atom is 0.322 e. The molecule has 1 N–H and O–H groups in total. The Kier molecular flexibility index (Phi) is 4.71. The highest BCUT2D eigenvalue weighted by atomic mass is 16.6. The van der Waals surface area contributed by atoms with Gasteiger partial charge in [0.05, 0.1) is 19.8 Å². The smallest absolute Gasteiger partial charge is 0.322 e. The van der Waals surface area contributed by atoms with E-state index in [0.29, 0.717) is 28.6 Å². The number of fused-ring (bicyclic) bond motifs is 1. The number of carbonyl (C=O) groups excluding carboxylic acids is 1. The minimum atomic E-state index is -0.833. The maximum atomic E-state index is 12.4. The number of nitrogens with zero attached hydrogens (tertiary/aromatic N) is 2. The number of hydrogen-bond acceptors (Lipinski definition) is 8. The van der Waals surface area contributed by atoms with E-state index in [1.165, 1.54) is 7.11 Å². The van der Waals surface area contributed by atoms with Gasteiger partial charge in [0, 0.05) is 6.07 Å². The van der Waals surface area contributed by atoms with Crippen LogP contribution in [0.4, 0.5) is 6.01 Å². The summed E-state index contributed by atoms with van der Waals surface area (Å²) >= 11 is 0. The zero-order chi connectivity index (χ0) is 19.5. The van der Waals surface area contributed by atoms with Crippen LogP contribution in [0.3, 0.4) is 0 Å². The fourth-order valence-electron chi connectivity index (χ4n) is 2.69. The van der Waals surface area contributed by atoms with Gasteiger partial charge in [0.25, 0.3) is 11.8 Å². The van der Waals surface area contributed by atoms with Crippen LogP contribution in [0.1, 0.15) is 0 Å². The molecule has 1 aliphatic heterocycles. The third-order valence-electron chi connectivity index (χ3n) is 4.10. The van der Waals surface area contributed by atoms with Gasteiger partial charge >= 0.3 is 6.01 Å². The van der Waals surface area contributed by atoms with E-state index in [-0.39, 0.29) is 18.5 Å². The fraction of sp³-hybridized carbons (Fsp3) is 0.211. The summed E-state index contributed by atoms with van der Waals surface area (Å²) in [5.41, 5.74) is 0.572. The standard InChI is InChI=1S/C19H17N3O6/c1-24-11-7-8-12(15(9-11)25-2)18-21-22-19(28-18)20-17(23)16-10-26-13-5-3-4-6-14(13)27-16/h3-9,16H,10H2,1-2H3,(H,20,22,23). The number of rotatable bonds is 5. The lowest BCUT2D eigenvalue weighted by Gasteiger charge is -2.24. The monoisotopic (exact) mass is 383 g/mol. The van der Waals surface area contributed by atoms with Crippen molar-refractivity contribution in [3.05, 3.63) is 42.5 Å². The number of carbonyl (C=O) groups is 1. The summed E-state index contributed by atoms with van der Waals surface area (Å²) in [4.78, 5) is 12.4. The lowest BCUT2D eigenvalue weighted by Crippen LogP contribution is -2.40. The van der Waals surface area contributed by atoms with Gasteiger partial charge in [-0.05, 0) is 24.3 Å². The van der Waals surface area contributed by atoms with E-state index in [9.17, 15) is 4.79 Å². The largest absolute Gasteiger partial charge is 0.497 e. The predicted octanol–water partition coefficient (Wildman–Crippen LogP) is 2.53. The highest BCUT2D eigenvalue weighted by Gasteiger charge is 2.28. The Balaban J connectivity index is 1.48. The average molecular weight is 383 g/mol. The van der Waals surface area contributed by atoms with Crippen LogP contribution in [-0.2, 0) is 4.79 Å². The zero-order valence-corrected chi connectivity index (χ0v) is 15.2. The van der Waals surface area contributed by atoms with Gasteiger partial charge in [-0.3, -0.25) is 10.1 Å². The van der Waals surface area contributed by atoms with Crippen LogP contribution in [0.5, 0.6) is 23.0 Å². The highest BCUT2D eigenvalue weighted by molar-refractivity contribution is 5.93. The predicted molar refractivity (Wildman–Crippen MR) is 97.8 cm³/mol. The Morgan fingerprint density at radius 2 is 1.93 bits per heavy atom. The number of nitrogens with one attached hydrogen (secondary N) is 1. The van der Waals surface area contributed by atoms with Crippen molar-refractivity contribution >= 4 is 11.9 Å². The SMILES string of the molecule is COc1ccc(-c2nnc(NC(=O)C3COc4ccccc4O3)o2)c(OC)c1. The van der Waals surface area contributed by atoms with Crippen molar-refractivity contribution in [1.82, 2.24) is 10.2 Å². The van der Waals surface area contributed by atoms with Gasteiger partial charge in [0.15, 0.2) is 11.5 Å². The Bertz CT molecular complexity index is 1000. The first-order valence-electron chi connectivity index (χ1n) is 8.43. The van der Waals surface area contributed by atoms with Gasteiger partial charge < -0.3 is 23.4 Å². The summed E-state index contributed by atoms with van der Waals surface area (Å²) in [7, 11) is 3.08. The molecule has 28 heavy (non-hydrogen) atoms. The molecule has 1 amide bonds. The number of methoxy groups -OCH3 is 2. The molecule has 1 unspecified atom stereocenters. The van der Waals surface area contributed by atoms with Crippen LogP contribution in [0.25, 0.3) is 11.5 Å². The summed E-state index contributed by atoms with van der Waals surface area (Å²) < 4.78 is 27.2. The van der Waals surface area contributed by atoms with Crippen molar-refractivity contribution < 1.29 is 28.2 Å². The minimum Gasteiger partial charge on any atom is -0.497 e. The molecule has 0 saturated carbocycles. The second kappa shape index (κ2) is 7.47. The second-order valence-corrected chi connectivity index (χ2v) is 5.83. The maximum absolute atomic E-state index is 12.4. The number of ether oxygens (including phenoxy) is 4. The van der Waals surface area contributed by atoms with Crippen molar-refractivity contribution in [2.24, 2.45) is 0 Å². The third kappa shape index (κ3) is 3.41. The molecule has 0 radical (unpaired) electrons. The summed E-state index contributed by atoms with van der Waals surface area (Å²) in [6.07, 6.45) is -0.833. The lowest BCUT2D eigenvalue weighted by atomic mass is 10.2. The number of para-hydroxylation sites is 2. The van der Waals surface area contributed by atoms with Crippen molar-refractivity contribution in [2.45, 2.75) is 6.10 Å². The van der Waals surface area contributed by atoms with E-state index >= 15 is 0 Å². The first kappa shape index (κ1) is 17.7. The molecule has 1 aromatic heterocycles. The van der Waals surface area contributed by atoms with Crippen LogP contribution in [0.2, 0.25) is 0 Å². The fourth-order valence-corrected chi connectivity index (χ4v) is 2.69. The van der Waals surface area contributed by atoms with Crippen molar-refractivity contribution in [3.63, 3.8) is 0 Å². The van der Waals surface area contributed by atoms with E-state index < -0.39 is 12.0 Å². The van der Waals surface area contributed by atoms with E-state index in [0.717, 1.165) is 0 Å². The third-order valence-corrected chi connectivity index (χ3v) is 4.10. The number of aromatic nitrogens is 2. The molecule has 3 aromatic rings. The minimum absolute atomic E-state index is 0.0553. The van der Waals surface area contributed by atoms with E-state index in [2.05, 4.69) is 15.5 Å². The van der Waals surface area contributed by atoms with Gasteiger partial charge in [-0.25, -0.2) is 0 Å². The zero-order valence-electron chi connectivity index (χ0n) is 15.2. The summed E-state index contributed by atoms with van der Waals surface area (Å²) in [6.45, 7) is 0.0795. The van der Waals surface area contributed by atoms with Crippen LogP contribution in [0, 0.1) is 0 Å². The number of amides is 1. The Morgan fingerprint density at radius 3 is 2.71 bits per heavy atom. The second-order valence-electron chi connectivity index (χ2n) is 5.83. The Labute approximate surface area is 160 Å². The summed E-state index contributed by atoms with van der Waals surface area (Å²) in [5, 5.41) is 10.4. The molecular formula is C19H17N3O6. The van der Waals surface area contributed by atoms with Crippen molar-refractivity contribution in [3.8, 4) is 34.5 Å². The normalized spacial score (nSPS) is 15.0. The average Bonchev–Trinajstić information content (AvgIpc) is 3.21. The number of hydrogen-bond donors (Lipinski definition) is 1.